The predicted octanol–water partition coefficient (Wildman–Crippen LogP) is 2.22. The first kappa shape index (κ1) is 15.7. The van der Waals surface area contributed by atoms with Gasteiger partial charge in [0.25, 0.3) is 11.6 Å². The topological polar surface area (TPSA) is 88.6 Å². The molecule has 0 saturated carbocycles. The van der Waals surface area contributed by atoms with Crippen molar-refractivity contribution in [1.82, 2.24) is 10.2 Å². The summed E-state index contributed by atoms with van der Waals surface area (Å²) in [5, 5.41) is 13.4. The number of nitrogens with zero attached hydrogens (tertiary/aromatic N) is 2. The molecule has 7 heteroatoms. The van der Waals surface area contributed by atoms with Crippen LogP contribution in [0.5, 0.6) is 0 Å². The van der Waals surface area contributed by atoms with Crippen LogP contribution in [-0.2, 0) is 0 Å². The summed E-state index contributed by atoms with van der Waals surface area (Å²) in [5.41, 5.74) is 0.334. The molecule has 0 aliphatic carbocycles. The third-order valence-corrected chi connectivity index (χ3v) is 3.29. The fourth-order valence-corrected chi connectivity index (χ4v) is 2.04. The molecule has 22 heavy (non-hydrogen) atoms. The van der Waals surface area contributed by atoms with Gasteiger partial charge >= 0.3 is 0 Å². The number of furan rings is 1. The van der Waals surface area contributed by atoms with Gasteiger partial charge in [0.05, 0.1) is 17.2 Å². The molecule has 0 aliphatic heterocycles. The van der Waals surface area contributed by atoms with E-state index in [-0.39, 0.29) is 17.6 Å². The number of likely N-dealkylation sites (N-methyl/N-ethyl adjacent to an activating group) is 1. The van der Waals surface area contributed by atoms with E-state index in [4.69, 9.17) is 4.42 Å². The molecule has 0 spiro atoms. The summed E-state index contributed by atoms with van der Waals surface area (Å²) < 4.78 is 5.37. The number of carbonyl (C=O) groups excluding carboxylic acids is 1. The molecule has 7 nitrogen and oxygen atoms in total. The standard InChI is InChI=1S/C15H17N3O4/c1-17(2)13(14-4-3-9-22-14)10-16-15(19)11-5-7-12(8-6-11)18(20)21/h3-9,13H,10H2,1-2H3,(H,16,19)/t13-/m1/s1. The molecule has 0 fully saturated rings. The molecular weight excluding hydrogens is 286 g/mol. The number of hydrogen-bond donors (Lipinski definition) is 1. The molecule has 1 amide bonds. The zero-order valence-electron chi connectivity index (χ0n) is 12.4. The van der Waals surface area contributed by atoms with E-state index in [9.17, 15) is 14.9 Å². The van der Waals surface area contributed by atoms with Crippen molar-refractivity contribution >= 4 is 11.6 Å². The lowest BCUT2D eigenvalue weighted by atomic mass is 10.1. The first-order valence-electron chi connectivity index (χ1n) is 6.71. The average molecular weight is 303 g/mol. The van der Waals surface area contributed by atoms with Gasteiger partial charge in [-0.25, -0.2) is 0 Å². The number of carbonyl (C=O) groups is 1. The van der Waals surface area contributed by atoms with Gasteiger partial charge in [0.1, 0.15) is 5.76 Å². The number of nitro benzene ring substituents is 1. The van der Waals surface area contributed by atoms with Crippen LogP contribution in [-0.4, -0.2) is 36.4 Å². The fraction of sp³-hybridized carbons (Fsp3) is 0.267. The highest BCUT2D eigenvalue weighted by Crippen LogP contribution is 2.18. The van der Waals surface area contributed by atoms with E-state index in [0.717, 1.165) is 5.76 Å². The summed E-state index contributed by atoms with van der Waals surface area (Å²) >= 11 is 0. The van der Waals surface area contributed by atoms with Crippen LogP contribution in [0.3, 0.4) is 0 Å². The van der Waals surface area contributed by atoms with Crippen LogP contribution in [0.25, 0.3) is 0 Å². The van der Waals surface area contributed by atoms with Crippen LogP contribution in [0, 0.1) is 10.1 Å². The summed E-state index contributed by atoms with van der Waals surface area (Å²) in [6.07, 6.45) is 1.59. The smallest absolute Gasteiger partial charge is 0.269 e. The molecule has 0 aliphatic rings. The Bertz CT molecular complexity index is 635. The van der Waals surface area contributed by atoms with Gasteiger partial charge in [0, 0.05) is 24.2 Å². The minimum absolute atomic E-state index is 0.0432. The summed E-state index contributed by atoms with van der Waals surface area (Å²) in [6, 6.07) is 9.05. The lowest BCUT2D eigenvalue weighted by molar-refractivity contribution is -0.384. The third kappa shape index (κ3) is 3.70. The van der Waals surface area contributed by atoms with Crippen molar-refractivity contribution in [3.63, 3.8) is 0 Å². The van der Waals surface area contributed by atoms with E-state index in [1.54, 1.807) is 12.3 Å². The van der Waals surface area contributed by atoms with E-state index in [0.29, 0.717) is 12.1 Å². The molecule has 1 atom stereocenters. The lowest BCUT2D eigenvalue weighted by Gasteiger charge is -2.22. The number of nitrogens with one attached hydrogen (secondary N) is 1. The highest BCUT2D eigenvalue weighted by Gasteiger charge is 2.18. The molecule has 2 aromatic rings. The Balaban J connectivity index is 2.00. The Morgan fingerprint density at radius 3 is 2.50 bits per heavy atom. The Morgan fingerprint density at radius 2 is 2.00 bits per heavy atom. The van der Waals surface area contributed by atoms with E-state index in [1.165, 1.54) is 24.3 Å². The molecule has 1 aromatic heterocycles. The van der Waals surface area contributed by atoms with Gasteiger partial charge in [0.15, 0.2) is 0 Å². The summed E-state index contributed by atoms with van der Waals surface area (Å²) in [7, 11) is 3.79. The van der Waals surface area contributed by atoms with Crippen molar-refractivity contribution in [2.45, 2.75) is 6.04 Å². The first-order valence-corrected chi connectivity index (χ1v) is 6.71. The Hall–Kier alpha value is -2.67. The van der Waals surface area contributed by atoms with Crippen LogP contribution >= 0.6 is 0 Å². The molecule has 1 N–H and O–H groups in total. The molecule has 1 aromatic carbocycles. The number of hydrogen-bond acceptors (Lipinski definition) is 5. The van der Waals surface area contributed by atoms with Crippen molar-refractivity contribution < 1.29 is 14.1 Å². The van der Waals surface area contributed by atoms with Crippen LogP contribution in [0.1, 0.15) is 22.2 Å². The second-order valence-corrected chi connectivity index (χ2v) is 5.01. The van der Waals surface area contributed by atoms with E-state index in [1.807, 2.05) is 25.1 Å². The second-order valence-electron chi connectivity index (χ2n) is 5.01. The predicted molar refractivity (Wildman–Crippen MR) is 80.6 cm³/mol. The average Bonchev–Trinajstić information content (AvgIpc) is 3.01. The van der Waals surface area contributed by atoms with Crippen molar-refractivity contribution in [2.24, 2.45) is 0 Å². The van der Waals surface area contributed by atoms with Crippen LogP contribution < -0.4 is 5.32 Å². The van der Waals surface area contributed by atoms with Gasteiger partial charge in [-0.2, -0.15) is 0 Å². The third-order valence-electron chi connectivity index (χ3n) is 3.29. The SMILES string of the molecule is CN(C)[C@H](CNC(=O)c1ccc([N+](=O)[O-])cc1)c1ccco1. The molecule has 0 bridgehead atoms. The van der Waals surface area contributed by atoms with Gasteiger partial charge in [-0.05, 0) is 38.4 Å². The summed E-state index contributed by atoms with van der Waals surface area (Å²) in [6.45, 7) is 0.371. The maximum Gasteiger partial charge on any atom is 0.269 e. The van der Waals surface area contributed by atoms with Crippen LogP contribution in [0.2, 0.25) is 0 Å². The Morgan fingerprint density at radius 1 is 1.32 bits per heavy atom. The molecule has 2 rings (SSSR count). The van der Waals surface area contributed by atoms with Crippen LogP contribution in [0.4, 0.5) is 5.69 Å². The first-order chi connectivity index (χ1) is 10.5. The van der Waals surface area contributed by atoms with Gasteiger partial charge in [0.2, 0.25) is 0 Å². The van der Waals surface area contributed by atoms with E-state index >= 15 is 0 Å². The zero-order chi connectivity index (χ0) is 16.1. The molecule has 1 heterocycles. The maximum atomic E-state index is 12.1. The van der Waals surface area contributed by atoms with E-state index in [2.05, 4.69) is 5.32 Å². The Kier molecular flexibility index (Phi) is 4.90. The quantitative estimate of drug-likeness (QED) is 0.653. The van der Waals surface area contributed by atoms with Crippen LogP contribution in [0.15, 0.2) is 47.1 Å². The van der Waals surface area contributed by atoms with Gasteiger partial charge in [-0.15, -0.1) is 0 Å². The minimum atomic E-state index is -0.499. The number of non-ortho nitro benzene ring substituents is 1. The molecule has 0 unspecified atom stereocenters. The minimum Gasteiger partial charge on any atom is -0.468 e. The van der Waals surface area contributed by atoms with Gasteiger partial charge in [-0.1, -0.05) is 0 Å². The number of rotatable bonds is 6. The van der Waals surface area contributed by atoms with Crippen molar-refractivity contribution in [3.8, 4) is 0 Å². The Labute approximate surface area is 127 Å². The number of benzene rings is 1. The highest BCUT2D eigenvalue weighted by molar-refractivity contribution is 5.94. The molecule has 0 radical (unpaired) electrons. The maximum absolute atomic E-state index is 12.1. The fourth-order valence-electron chi connectivity index (χ4n) is 2.04. The summed E-state index contributed by atoms with van der Waals surface area (Å²) in [4.78, 5) is 24.1. The van der Waals surface area contributed by atoms with Gasteiger partial charge in [-0.3, -0.25) is 19.8 Å². The number of nitro groups is 1. The second kappa shape index (κ2) is 6.86. The zero-order valence-corrected chi connectivity index (χ0v) is 12.4. The molecular formula is C15H17N3O4. The molecule has 116 valence electrons. The lowest BCUT2D eigenvalue weighted by Crippen LogP contribution is -2.34. The van der Waals surface area contributed by atoms with Crippen molar-refractivity contribution in [1.29, 1.82) is 0 Å². The normalized spacial score (nSPS) is 12.1. The summed E-state index contributed by atoms with van der Waals surface area (Å²) in [5.74, 6) is 0.474. The van der Waals surface area contributed by atoms with E-state index < -0.39 is 4.92 Å². The van der Waals surface area contributed by atoms with Gasteiger partial charge < -0.3 is 9.73 Å². The monoisotopic (exact) mass is 303 g/mol. The van der Waals surface area contributed by atoms with Crippen molar-refractivity contribution in [2.75, 3.05) is 20.6 Å². The highest BCUT2D eigenvalue weighted by atomic mass is 16.6. The largest absolute Gasteiger partial charge is 0.468 e. The van der Waals surface area contributed by atoms with Crippen molar-refractivity contribution in [3.05, 3.63) is 64.1 Å². The number of amides is 1. The molecule has 0 saturated heterocycles.